The number of phenols is 1. The van der Waals surface area contributed by atoms with Crippen molar-refractivity contribution in [2.24, 2.45) is 5.92 Å². The van der Waals surface area contributed by atoms with Gasteiger partial charge in [-0.05, 0) is 23.6 Å². The number of phenolic OH excluding ortho intramolecular Hbond substituents is 1. The van der Waals surface area contributed by atoms with E-state index in [9.17, 15) is 5.11 Å². The minimum Gasteiger partial charge on any atom is -0.506 e. The summed E-state index contributed by atoms with van der Waals surface area (Å²) in [7, 11) is 0. The van der Waals surface area contributed by atoms with E-state index in [2.05, 4.69) is 23.6 Å². The molecule has 0 saturated carbocycles. The van der Waals surface area contributed by atoms with Gasteiger partial charge in [0.1, 0.15) is 5.75 Å². The molecule has 0 aliphatic carbocycles. The molecule has 0 amide bonds. The summed E-state index contributed by atoms with van der Waals surface area (Å²) in [6.45, 7) is 11.1. The van der Waals surface area contributed by atoms with Crippen molar-refractivity contribution in [3.63, 3.8) is 0 Å². The summed E-state index contributed by atoms with van der Waals surface area (Å²) in [6, 6.07) is 5.50. The molecule has 1 aliphatic rings. The van der Waals surface area contributed by atoms with Gasteiger partial charge < -0.3 is 15.7 Å². The summed E-state index contributed by atoms with van der Waals surface area (Å²) in [5.41, 5.74) is 7.37. The van der Waals surface area contributed by atoms with Gasteiger partial charge in [-0.3, -0.25) is 4.90 Å². The summed E-state index contributed by atoms with van der Waals surface area (Å²) in [5.74, 6) is 0.911. The van der Waals surface area contributed by atoms with E-state index in [1.807, 2.05) is 12.1 Å². The topological polar surface area (TPSA) is 52.7 Å². The van der Waals surface area contributed by atoms with Crippen LogP contribution >= 0.6 is 0 Å². The number of nitrogens with two attached hydrogens (primary N) is 1. The third-order valence-electron chi connectivity index (χ3n) is 3.59. The number of nitrogens with zero attached hydrogens (tertiary/aromatic N) is 2. The van der Waals surface area contributed by atoms with Gasteiger partial charge >= 0.3 is 0 Å². The lowest BCUT2D eigenvalue weighted by atomic mass is 10.1. The van der Waals surface area contributed by atoms with Crippen molar-refractivity contribution in [3.05, 3.63) is 23.8 Å². The molecule has 3 N–H and O–H groups in total. The van der Waals surface area contributed by atoms with Crippen molar-refractivity contribution in [2.75, 3.05) is 38.5 Å². The Bertz CT molecular complexity index is 412. The highest BCUT2D eigenvalue weighted by Crippen LogP contribution is 2.21. The van der Waals surface area contributed by atoms with Gasteiger partial charge in [0.05, 0.1) is 5.69 Å². The average Bonchev–Trinajstić information content (AvgIpc) is 2.36. The third kappa shape index (κ3) is 4.11. The molecule has 0 radical (unpaired) electrons. The van der Waals surface area contributed by atoms with Gasteiger partial charge in [-0.1, -0.05) is 19.9 Å². The summed E-state index contributed by atoms with van der Waals surface area (Å²) < 4.78 is 0. The van der Waals surface area contributed by atoms with Crippen molar-refractivity contribution in [2.45, 2.75) is 20.4 Å². The minimum atomic E-state index is 0.172. The van der Waals surface area contributed by atoms with Gasteiger partial charge in [0.25, 0.3) is 0 Å². The average molecular weight is 263 g/mol. The molecule has 1 aliphatic heterocycles. The molecule has 106 valence electrons. The van der Waals surface area contributed by atoms with Crippen molar-refractivity contribution in [1.82, 2.24) is 9.80 Å². The lowest BCUT2D eigenvalue weighted by molar-refractivity contribution is 0.117. The van der Waals surface area contributed by atoms with Crippen LogP contribution in [0.4, 0.5) is 5.69 Å². The van der Waals surface area contributed by atoms with E-state index in [-0.39, 0.29) is 5.75 Å². The Kier molecular flexibility index (Phi) is 4.66. The zero-order valence-corrected chi connectivity index (χ0v) is 12.0. The molecule has 0 atom stereocenters. The smallest absolute Gasteiger partial charge is 0.138 e. The van der Waals surface area contributed by atoms with Crippen LogP contribution in [0.3, 0.4) is 0 Å². The first-order valence-corrected chi connectivity index (χ1v) is 7.06. The Morgan fingerprint density at radius 3 is 2.37 bits per heavy atom. The van der Waals surface area contributed by atoms with Gasteiger partial charge in [-0.15, -0.1) is 0 Å². The number of benzene rings is 1. The van der Waals surface area contributed by atoms with E-state index in [0.29, 0.717) is 5.69 Å². The normalized spacial score (nSPS) is 18.1. The van der Waals surface area contributed by atoms with E-state index in [1.165, 1.54) is 12.1 Å². The number of nitrogen functional groups attached to an aromatic ring is 1. The Morgan fingerprint density at radius 1 is 1.16 bits per heavy atom. The molecule has 4 nitrogen and oxygen atoms in total. The van der Waals surface area contributed by atoms with E-state index in [1.54, 1.807) is 6.07 Å². The molecule has 0 bridgehead atoms. The maximum Gasteiger partial charge on any atom is 0.138 e. The first-order valence-electron chi connectivity index (χ1n) is 7.06. The maximum atomic E-state index is 9.42. The molecule has 0 unspecified atom stereocenters. The quantitative estimate of drug-likeness (QED) is 0.642. The lowest BCUT2D eigenvalue weighted by Gasteiger charge is -2.35. The molecule has 1 fully saturated rings. The van der Waals surface area contributed by atoms with Crippen LogP contribution in [0, 0.1) is 5.92 Å². The number of hydrogen-bond donors (Lipinski definition) is 2. The number of rotatable bonds is 4. The van der Waals surface area contributed by atoms with E-state index < -0.39 is 0 Å². The second-order valence-electron chi connectivity index (χ2n) is 5.86. The summed E-state index contributed by atoms with van der Waals surface area (Å²) >= 11 is 0. The first kappa shape index (κ1) is 14.2. The molecule has 19 heavy (non-hydrogen) atoms. The van der Waals surface area contributed by atoms with Gasteiger partial charge in [0.2, 0.25) is 0 Å². The molecule has 1 aromatic carbocycles. The number of hydrogen-bond acceptors (Lipinski definition) is 4. The second kappa shape index (κ2) is 6.26. The predicted octanol–water partition coefficient (Wildman–Crippen LogP) is 1.75. The largest absolute Gasteiger partial charge is 0.506 e. The van der Waals surface area contributed by atoms with Gasteiger partial charge in [0, 0.05) is 39.3 Å². The van der Waals surface area contributed by atoms with Crippen LogP contribution in [0.15, 0.2) is 18.2 Å². The van der Waals surface area contributed by atoms with E-state index >= 15 is 0 Å². The number of anilines is 1. The molecule has 2 rings (SSSR count). The summed E-state index contributed by atoms with van der Waals surface area (Å²) in [5, 5.41) is 9.42. The molecule has 0 aromatic heterocycles. The fourth-order valence-corrected chi connectivity index (χ4v) is 2.61. The molecule has 1 heterocycles. The van der Waals surface area contributed by atoms with Crippen molar-refractivity contribution in [3.8, 4) is 5.75 Å². The van der Waals surface area contributed by atoms with Crippen molar-refractivity contribution < 1.29 is 5.11 Å². The zero-order chi connectivity index (χ0) is 13.8. The van der Waals surface area contributed by atoms with Crippen LogP contribution < -0.4 is 5.73 Å². The minimum absolute atomic E-state index is 0.172. The van der Waals surface area contributed by atoms with Crippen LogP contribution in [-0.4, -0.2) is 47.6 Å². The SMILES string of the molecule is CC(C)CN1CCN(Cc2ccc(O)c(N)c2)CC1. The Labute approximate surface area is 115 Å². The van der Waals surface area contributed by atoms with Gasteiger partial charge in [0.15, 0.2) is 0 Å². The van der Waals surface area contributed by atoms with Gasteiger partial charge in [-0.25, -0.2) is 0 Å². The van der Waals surface area contributed by atoms with Crippen LogP contribution in [-0.2, 0) is 6.54 Å². The van der Waals surface area contributed by atoms with Crippen LogP contribution in [0.2, 0.25) is 0 Å². The maximum absolute atomic E-state index is 9.42. The number of aromatic hydroxyl groups is 1. The standard InChI is InChI=1S/C15H25N3O/c1-12(2)10-17-5-7-18(8-6-17)11-13-3-4-15(19)14(16)9-13/h3-4,9,12,19H,5-8,10-11,16H2,1-2H3. The third-order valence-corrected chi connectivity index (χ3v) is 3.59. The fraction of sp³-hybridized carbons (Fsp3) is 0.600. The van der Waals surface area contributed by atoms with Crippen LogP contribution in [0.5, 0.6) is 5.75 Å². The molecular weight excluding hydrogens is 238 g/mol. The monoisotopic (exact) mass is 263 g/mol. The highest BCUT2D eigenvalue weighted by molar-refractivity contribution is 5.53. The van der Waals surface area contributed by atoms with Crippen LogP contribution in [0.1, 0.15) is 19.4 Å². The van der Waals surface area contributed by atoms with Gasteiger partial charge in [-0.2, -0.15) is 0 Å². The van der Waals surface area contributed by atoms with Crippen molar-refractivity contribution in [1.29, 1.82) is 0 Å². The molecule has 1 aromatic rings. The Morgan fingerprint density at radius 2 is 1.79 bits per heavy atom. The summed E-state index contributed by atoms with van der Waals surface area (Å²) in [4.78, 5) is 4.98. The second-order valence-corrected chi connectivity index (χ2v) is 5.86. The molecule has 1 saturated heterocycles. The molecule has 0 spiro atoms. The Balaban J connectivity index is 1.83. The van der Waals surface area contributed by atoms with Crippen LogP contribution in [0.25, 0.3) is 0 Å². The molecular formula is C15H25N3O. The fourth-order valence-electron chi connectivity index (χ4n) is 2.61. The van der Waals surface area contributed by atoms with E-state index in [0.717, 1.165) is 38.6 Å². The number of piperazine rings is 1. The predicted molar refractivity (Wildman–Crippen MR) is 79.1 cm³/mol. The highest BCUT2D eigenvalue weighted by Gasteiger charge is 2.17. The zero-order valence-electron chi connectivity index (χ0n) is 12.0. The Hall–Kier alpha value is -1.26. The van der Waals surface area contributed by atoms with E-state index in [4.69, 9.17) is 5.73 Å². The first-order chi connectivity index (χ1) is 9.04. The lowest BCUT2D eigenvalue weighted by Crippen LogP contribution is -2.46. The summed E-state index contributed by atoms with van der Waals surface area (Å²) in [6.07, 6.45) is 0. The van der Waals surface area contributed by atoms with Crippen molar-refractivity contribution >= 4 is 5.69 Å². The molecule has 4 heteroatoms. The highest BCUT2D eigenvalue weighted by atomic mass is 16.3.